The molecule has 0 aromatic rings. The molecular weight excluding hydrogens is 175 g/mol. The summed E-state index contributed by atoms with van der Waals surface area (Å²) in [5.74, 6) is 0. The van der Waals surface area contributed by atoms with Gasteiger partial charge in [0.15, 0.2) is 0 Å². The van der Waals surface area contributed by atoms with Gasteiger partial charge in [0.2, 0.25) is 0 Å². The molecule has 0 amide bonds. The molecule has 0 aliphatic carbocycles. The quantitative estimate of drug-likeness (QED) is 0.582. The summed E-state index contributed by atoms with van der Waals surface area (Å²) in [6.45, 7) is 2.96. The van der Waals surface area contributed by atoms with Crippen molar-refractivity contribution in [3.8, 4) is 0 Å². The average molecular weight is 188 g/mol. The van der Waals surface area contributed by atoms with E-state index in [0.29, 0.717) is 25.8 Å². The normalized spacial score (nSPS) is 28.5. The van der Waals surface area contributed by atoms with Crippen LogP contribution in [0.5, 0.6) is 0 Å². The molecule has 2 heterocycles. The van der Waals surface area contributed by atoms with Gasteiger partial charge in [-0.1, -0.05) is 0 Å². The zero-order valence-electron chi connectivity index (χ0n) is 7.41. The molecular formula is C8H13FN2O2. The first-order chi connectivity index (χ1) is 6.40. The molecule has 1 atom stereocenters. The first kappa shape index (κ1) is 8.74. The van der Waals surface area contributed by atoms with Crippen LogP contribution < -0.4 is 0 Å². The molecule has 0 aromatic heterocycles. The number of hydrogen-bond donors (Lipinski definition) is 0. The van der Waals surface area contributed by atoms with Crippen LogP contribution in [0.3, 0.4) is 0 Å². The summed E-state index contributed by atoms with van der Waals surface area (Å²) in [4.78, 5) is 6.14. The van der Waals surface area contributed by atoms with Crippen molar-refractivity contribution in [1.82, 2.24) is 4.90 Å². The average Bonchev–Trinajstić information content (AvgIpc) is 2.67. The van der Waals surface area contributed by atoms with Crippen molar-refractivity contribution in [2.45, 2.75) is 6.10 Å². The van der Waals surface area contributed by atoms with Crippen LogP contribution in [0.4, 0.5) is 4.39 Å². The predicted molar refractivity (Wildman–Crippen MR) is 45.5 cm³/mol. The minimum absolute atomic E-state index is 0.363. The molecule has 74 valence electrons. The fraction of sp³-hybridized carbons (Fsp3) is 0.875. The van der Waals surface area contributed by atoms with Gasteiger partial charge in [-0.25, -0.2) is 9.38 Å². The Morgan fingerprint density at radius 2 is 2.23 bits per heavy atom. The van der Waals surface area contributed by atoms with E-state index in [1.54, 1.807) is 0 Å². The van der Waals surface area contributed by atoms with Crippen molar-refractivity contribution >= 4 is 6.02 Å². The summed E-state index contributed by atoms with van der Waals surface area (Å²) in [5.41, 5.74) is 0. The minimum atomic E-state index is -0.461. The molecule has 2 aliphatic rings. The van der Waals surface area contributed by atoms with Crippen molar-refractivity contribution in [2.24, 2.45) is 4.99 Å². The van der Waals surface area contributed by atoms with Crippen LogP contribution >= 0.6 is 0 Å². The van der Waals surface area contributed by atoms with Crippen molar-refractivity contribution in [2.75, 3.05) is 39.5 Å². The van der Waals surface area contributed by atoms with Crippen LogP contribution in [-0.4, -0.2) is 56.5 Å². The van der Waals surface area contributed by atoms with Gasteiger partial charge >= 0.3 is 0 Å². The SMILES string of the molecule is FCC1CN=C(N2CCOCC2)O1. The van der Waals surface area contributed by atoms with E-state index in [1.165, 1.54) is 0 Å². The number of halogens is 1. The van der Waals surface area contributed by atoms with Gasteiger partial charge in [0.25, 0.3) is 6.02 Å². The Balaban J connectivity index is 1.87. The molecule has 4 nitrogen and oxygen atoms in total. The molecule has 0 aromatic carbocycles. The Kier molecular flexibility index (Phi) is 2.63. The van der Waals surface area contributed by atoms with E-state index in [2.05, 4.69) is 4.99 Å². The number of aliphatic imine (C=N–C) groups is 1. The molecule has 1 fully saturated rings. The van der Waals surface area contributed by atoms with Gasteiger partial charge in [0, 0.05) is 13.1 Å². The third-order valence-corrected chi connectivity index (χ3v) is 2.16. The highest BCUT2D eigenvalue weighted by Crippen LogP contribution is 2.10. The van der Waals surface area contributed by atoms with Crippen LogP contribution in [0.15, 0.2) is 4.99 Å². The molecule has 13 heavy (non-hydrogen) atoms. The van der Waals surface area contributed by atoms with Crippen LogP contribution in [0.2, 0.25) is 0 Å². The van der Waals surface area contributed by atoms with Crippen LogP contribution in [0.1, 0.15) is 0 Å². The van der Waals surface area contributed by atoms with E-state index in [0.717, 1.165) is 13.1 Å². The highest BCUT2D eigenvalue weighted by Gasteiger charge is 2.25. The van der Waals surface area contributed by atoms with E-state index in [9.17, 15) is 4.39 Å². The second-order valence-electron chi connectivity index (χ2n) is 3.12. The van der Waals surface area contributed by atoms with Gasteiger partial charge in [0.05, 0.1) is 19.8 Å². The molecule has 1 saturated heterocycles. The number of morpholine rings is 1. The van der Waals surface area contributed by atoms with Gasteiger partial charge in [0.1, 0.15) is 12.8 Å². The highest BCUT2D eigenvalue weighted by atomic mass is 19.1. The molecule has 0 radical (unpaired) electrons. The third-order valence-electron chi connectivity index (χ3n) is 2.16. The smallest absolute Gasteiger partial charge is 0.288 e. The van der Waals surface area contributed by atoms with Gasteiger partial charge < -0.3 is 14.4 Å². The lowest BCUT2D eigenvalue weighted by atomic mass is 10.4. The molecule has 1 unspecified atom stereocenters. The summed E-state index contributed by atoms with van der Waals surface area (Å²) in [7, 11) is 0. The summed E-state index contributed by atoms with van der Waals surface area (Å²) in [6, 6.07) is 0.589. The van der Waals surface area contributed by atoms with Crippen LogP contribution in [0.25, 0.3) is 0 Å². The first-order valence-electron chi connectivity index (χ1n) is 4.50. The Morgan fingerprint density at radius 3 is 2.85 bits per heavy atom. The van der Waals surface area contributed by atoms with Gasteiger partial charge in [-0.05, 0) is 0 Å². The molecule has 0 spiro atoms. The molecule has 2 aliphatic heterocycles. The van der Waals surface area contributed by atoms with E-state index in [1.807, 2.05) is 4.90 Å². The van der Waals surface area contributed by atoms with E-state index >= 15 is 0 Å². The zero-order valence-corrected chi connectivity index (χ0v) is 7.41. The van der Waals surface area contributed by atoms with Crippen LogP contribution in [0, 0.1) is 0 Å². The van der Waals surface area contributed by atoms with E-state index in [4.69, 9.17) is 9.47 Å². The fourth-order valence-electron chi connectivity index (χ4n) is 1.41. The van der Waals surface area contributed by atoms with Crippen molar-refractivity contribution in [3.63, 3.8) is 0 Å². The lowest BCUT2D eigenvalue weighted by molar-refractivity contribution is 0.0512. The minimum Gasteiger partial charge on any atom is -0.457 e. The second kappa shape index (κ2) is 3.91. The monoisotopic (exact) mass is 188 g/mol. The Hall–Kier alpha value is -0.840. The number of ether oxygens (including phenoxy) is 2. The number of hydrogen-bond acceptors (Lipinski definition) is 4. The fourth-order valence-corrected chi connectivity index (χ4v) is 1.41. The van der Waals surface area contributed by atoms with Crippen molar-refractivity contribution < 1.29 is 13.9 Å². The summed E-state index contributed by atoms with van der Waals surface area (Å²) >= 11 is 0. The molecule has 0 saturated carbocycles. The zero-order chi connectivity index (χ0) is 9.10. The lowest BCUT2D eigenvalue weighted by Crippen LogP contribution is -2.41. The molecule has 0 N–H and O–H groups in total. The van der Waals surface area contributed by atoms with Crippen molar-refractivity contribution in [3.05, 3.63) is 0 Å². The topological polar surface area (TPSA) is 34.1 Å². The number of amidine groups is 1. The second-order valence-corrected chi connectivity index (χ2v) is 3.12. The Bertz CT molecular complexity index is 204. The first-order valence-corrected chi connectivity index (χ1v) is 4.50. The lowest BCUT2D eigenvalue weighted by Gasteiger charge is -2.27. The third kappa shape index (κ3) is 1.91. The standard InChI is InChI=1S/C8H13FN2O2/c9-5-7-6-10-8(13-7)11-1-3-12-4-2-11/h7H,1-6H2. The highest BCUT2D eigenvalue weighted by molar-refractivity contribution is 5.75. The Labute approximate surface area is 76.3 Å². The summed E-state index contributed by atoms with van der Waals surface area (Å²) < 4.78 is 22.7. The predicted octanol–water partition coefficient (Wildman–Crippen LogP) is 0.0429. The maximum Gasteiger partial charge on any atom is 0.288 e. The molecule has 5 heteroatoms. The molecule has 0 bridgehead atoms. The van der Waals surface area contributed by atoms with Gasteiger partial charge in [-0.2, -0.15) is 0 Å². The Morgan fingerprint density at radius 1 is 1.46 bits per heavy atom. The maximum atomic E-state index is 12.2. The van der Waals surface area contributed by atoms with Gasteiger partial charge in [-0.3, -0.25) is 0 Å². The number of nitrogens with zero attached hydrogens (tertiary/aromatic N) is 2. The van der Waals surface area contributed by atoms with E-state index in [-0.39, 0.29) is 6.10 Å². The number of rotatable bonds is 1. The molecule has 2 rings (SSSR count). The van der Waals surface area contributed by atoms with E-state index < -0.39 is 6.67 Å². The van der Waals surface area contributed by atoms with Gasteiger partial charge in [-0.15, -0.1) is 0 Å². The maximum absolute atomic E-state index is 12.2. The largest absolute Gasteiger partial charge is 0.457 e. The number of alkyl halides is 1. The summed E-state index contributed by atoms with van der Waals surface area (Å²) in [6.07, 6.45) is -0.363. The van der Waals surface area contributed by atoms with Crippen molar-refractivity contribution in [1.29, 1.82) is 0 Å². The summed E-state index contributed by atoms with van der Waals surface area (Å²) in [5, 5.41) is 0. The van der Waals surface area contributed by atoms with Crippen LogP contribution in [-0.2, 0) is 9.47 Å².